The van der Waals surface area contributed by atoms with E-state index in [9.17, 15) is 4.79 Å². The Hall–Kier alpha value is -3.75. The number of fused-ring (bicyclic) bond motifs is 1. The van der Waals surface area contributed by atoms with Gasteiger partial charge in [0.15, 0.2) is 17.2 Å². The van der Waals surface area contributed by atoms with Gasteiger partial charge in [-0.2, -0.15) is 0 Å². The third kappa shape index (κ3) is 3.09. The van der Waals surface area contributed by atoms with Crippen molar-refractivity contribution in [2.45, 2.75) is 6.42 Å². The molecule has 0 radical (unpaired) electrons. The van der Waals surface area contributed by atoms with E-state index < -0.39 is 0 Å². The molecule has 2 N–H and O–H groups in total. The van der Waals surface area contributed by atoms with Crippen molar-refractivity contribution in [3.63, 3.8) is 0 Å². The van der Waals surface area contributed by atoms with Crippen LogP contribution in [0.1, 0.15) is 5.69 Å². The van der Waals surface area contributed by atoms with Gasteiger partial charge >= 0.3 is 0 Å². The fourth-order valence-electron chi connectivity index (χ4n) is 2.49. The van der Waals surface area contributed by atoms with Crippen LogP contribution in [0.5, 0.6) is 5.75 Å². The van der Waals surface area contributed by atoms with Crippen LogP contribution in [0.15, 0.2) is 47.5 Å². The lowest BCUT2D eigenvalue weighted by Crippen LogP contribution is -2.16. The molecule has 0 saturated carbocycles. The summed E-state index contributed by atoms with van der Waals surface area (Å²) < 4.78 is 10.4. The van der Waals surface area contributed by atoms with Crippen LogP contribution in [0.3, 0.4) is 0 Å². The lowest BCUT2D eigenvalue weighted by molar-refractivity contribution is -0.115. The minimum Gasteiger partial charge on any atom is -0.497 e. The van der Waals surface area contributed by atoms with E-state index >= 15 is 0 Å². The summed E-state index contributed by atoms with van der Waals surface area (Å²) in [7, 11) is 1.61. The first-order chi connectivity index (χ1) is 12.7. The quantitative estimate of drug-likeness (QED) is 0.566. The zero-order chi connectivity index (χ0) is 17.9. The molecule has 0 fully saturated rings. The van der Waals surface area contributed by atoms with E-state index in [1.807, 2.05) is 24.3 Å². The molecule has 0 aliphatic rings. The van der Waals surface area contributed by atoms with E-state index in [0.717, 1.165) is 11.3 Å². The van der Waals surface area contributed by atoms with E-state index in [2.05, 4.69) is 30.4 Å². The van der Waals surface area contributed by atoms with Crippen LogP contribution in [0.4, 0.5) is 5.82 Å². The molecule has 1 amide bonds. The summed E-state index contributed by atoms with van der Waals surface area (Å²) in [5, 5.41) is 6.67. The number of rotatable bonds is 5. The van der Waals surface area contributed by atoms with E-state index in [-0.39, 0.29) is 12.3 Å². The zero-order valence-electron chi connectivity index (χ0n) is 13.8. The smallest absolute Gasteiger partial charge is 0.231 e. The van der Waals surface area contributed by atoms with Crippen LogP contribution in [-0.2, 0) is 11.2 Å². The molecule has 0 aliphatic carbocycles. The minimum absolute atomic E-state index is 0.0548. The number of hydrogen-bond donors (Lipinski definition) is 2. The number of anilines is 1. The van der Waals surface area contributed by atoms with Gasteiger partial charge in [0.05, 0.1) is 25.6 Å². The summed E-state index contributed by atoms with van der Waals surface area (Å²) in [5.41, 5.74) is 2.42. The molecule has 0 spiro atoms. The number of nitrogens with one attached hydrogen (secondary N) is 2. The predicted octanol–water partition coefficient (Wildman–Crippen LogP) is 2.20. The number of hydrogen-bond acceptors (Lipinski definition) is 7. The van der Waals surface area contributed by atoms with Crippen molar-refractivity contribution in [3.8, 4) is 17.1 Å². The van der Waals surface area contributed by atoms with Crippen molar-refractivity contribution in [3.05, 3.63) is 48.7 Å². The van der Waals surface area contributed by atoms with Gasteiger partial charge in [-0.15, -0.1) is 0 Å². The van der Waals surface area contributed by atoms with Gasteiger partial charge in [0.2, 0.25) is 5.91 Å². The first-order valence-corrected chi connectivity index (χ1v) is 7.77. The molecule has 3 heterocycles. The molecule has 0 aliphatic heterocycles. The number of aromatic nitrogens is 5. The number of amides is 1. The number of aromatic amines is 1. The largest absolute Gasteiger partial charge is 0.497 e. The Labute approximate surface area is 147 Å². The van der Waals surface area contributed by atoms with Gasteiger partial charge in [-0.1, -0.05) is 5.16 Å². The van der Waals surface area contributed by atoms with Gasteiger partial charge in [0.25, 0.3) is 0 Å². The molecule has 1 aromatic carbocycles. The van der Waals surface area contributed by atoms with Crippen LogP contribution in [0.2, 0.25) is 0 Å². The van der Waals surface area contributed by atoms with E-state index in [1.54, 1.807) is 13.2 Å². The predicted molar refractivity (Wildman–Crippen MR) is 92.5 cm³/mol. The molecular formula is C17H14N6O3. The summed E-state index contributed by atoms with van der Waals surface area (Å²) in [4.78, 5) is 27.3. The van der Waals surface area contributed by atoms with E-state index in [1.165, 1.54) is 12.7 Å². The van der Waals surface area contributed by atoms with Gasteiger partial charge in [-0.25, -0.2) is 15.0 Å². The molecule has 26 heavy (non-hydrogen) atoms. The molecule has 0 saturated heterocycles. The average molecular weight is 350 g/mol. The van der Waals surface area contributed by atoms with Gasteiger partial charge in [0.1, 0.15) is 17.6 Å². The van der Waals surface area contributed by atoms with Crippen molar-refractivity contribution in [1.29, 1.82) is 0 Å². The summed E-state index contributed by atoms with van der Waals surface area (Å²) in [6.45, 7) is 0. The first kappa shape index (κ1) is 15.8. The maximum atomic E-state index is 12.3. The molecule has 9 nitrogen and oxygen atoms in total. The number of H-pyrrole nitrogens is 1. The number of carbonyl (C=O) groups is 1. The lowest BCUT2D eigenvalue weighted by Gasteiger charge is -2.02. The zero-order valence-corrected chi connectivity index (χ0v) is 13.8. The second-order valence-corrected chi connectivity index (χ2v) is 5.46. The second-order valence-electron chi connectivity index (χ2n) is 5.46. The third-order valence-corrected chi connectivity index (χ3v) is 3.76. The highest BCUT2D eigenvalue weighted by molar-refractivity contribution is 5.97. The number of nitrogens with zero attached hydrogens (tertiary/aromatic N) is 4. The normalized spacial score (nSPS) is 10.8. The molecule has 0 atom stereocenters. The Balaban J connectivity index is 1.46. The van der Waals surface area contributed by atoms with E-state index in [4.69, 9.17) is 9.26 Å². The van der Waals surface area contributed by atoms with Crippen molar-refractivity contribution >= 4 is 22.9 Å². The van der Waals surface area contributed by atoms with E-state index in [0.29, 0.717) is 28.4 Å². The Morgan fingerprint density at radius 1 is 1.23 bits per heavy atom. The summed E-state index contributed by atoms with van der Waals surface area (Å²) >= 11 is 0. The first-order valence-electron chi connectivity index (χ1n) is 7.77. The van der Waals surface area contributed by atoms with Gasteiger partial charge in [0, 0.05) is 11.6 Å². The Kier molecular flexibility index (Phi) is 4.02. The molecule has 9 heteroatoms. The summed E-state index contributed by atoms with van der Waals surface area (Å²) in [6, 6.07) is 9.11. The molecule has 3 aromatic heterocycles. The fraction of sp³-hybridized carbons (Fsp3) is 0.118. The van der Waals surface area contributed by atoms with Crippen LogP contribution >= 0.6 is 0 Å². The number of imidazole rings is 1. The van der Waals surface area contributed by atoms with Crippen LogP contribution in [-0.4, -0.2) is 38.1 Å². The maximum absolute atomic E-state index is 12.3. The monoisotopic (exact) mass is 350 g/mol. The topological polar surface area (TPSA) is 119 Å². The van der Waals surface area contributed by atoms with Crippen molar-refractivity contribution < 1.29 is 14.1 Å². The standard InChI is InChI=1S/C17H14N6O3/c1-25-12-4-2-10(3-5-12)13-6-11(23-26-13)7-14(24)22-17-15-16(19-8-18-15)20-9-21-17/h2-6,8-9H,7H2,1H3,(H2,18,19,20,21,22,24). The molecule has 0 unspecified atom stereocenters. The van der Waals surface area contributed by atoms with Gasteiger partial charge < -0.3 is 19.6 Å². The van der Waals surface area contributed by atoms with Crippen LogP contribution in [0.25, 0.3) is 22.5 Å². The lowest BCUT2D eigenvalue weighted by atomic mass is 10.1. The Morgan fingerprint density at radius 3 is 2.88 bits per heavy atom. The molecular weight excluding hydrogens is 336 g/mol. The van der Waals surface area contributed by atoms with Crippen LogP contribution < -0.4 is 10.1 Å². The highest BCUT2D eigenvalue weighted by Crippen LogP contribution is 2.23. The number of methoxy groups -OCH3 is 1. The highest BCUT2D eigenvalue weighted by atomic mass is 16.5. The Morgan fingerprint density at radius 2 is 2.08 bits per heavy atom. The molecule has 130 valence electrons. The maximum Gasteiger partial charge on any atom is 0.231 e. The minimum atomic E-state index is -0.269. The van der Waals surface area contributed by atoms with Crippen molar-refractivity contribution in [2.24, 2.45) is 0 Å². The highest BCUT2D eigenvalue weighted by Gasteiger charge is 2.13. The molecule has 0 bridgehead atoms. The Bertz CT molecular complexity index is 1050. The summed E-state index contributed by atoms with van der Waals surface area (Å²) in [5.74, 6) is 1.43. The summed E-state index contributed by atoms with van der Waals surface area (Å²) in [6.07, 6.45) is 2.89. The van der Waals surface area contributed by atoms with Crippen molar-refractivity contribution in [1.82, 2.24) is 25.1 Å². The third-order valence-electron chi connectivity index (χ3n) is 3.76. The molecule has 4 aromatic rings. The van der Waals surface area contributed by atoms with Gasteiger partial charge in [-0.05, 0) is 24.3 Å². The number of carbonyl (C=O) groups excluding carboxylic acids is 1. The van der Waals surface area contributed by atoms with Crippen molar-refractivity contribution in [2.75, 3.05) is 12.4 Å². The average Bonchev–Trinajstić information content (AvgIpc) is 3.31. The van der Waals surface area contributed by atoms with Crippen LogP contribution in [0, 0.1) is 0 Å². The number of ether oxygens (including phenoxy) is 1. The SMILES string of the molecule is COc1ccc(-c2cc(CC(=O)Nc3ncnc4nc[nH]c34)no2)cc1. The fourth-order valence-corrected chi connectivity index (χ4v) is 2.49. The number of benzene rings is 1. The molecule has 4 rings (SSSR count). The second kappa shape index (κ2) is 6.63. The van der Waals surface area contributed by atoms with Gasteiger partial charge in [-0.3, -0.25) is 4.79 Å².